The predicted molar refractivity (Wildman–Crippen MR) is 237 cm³/mol. The molecule has 8 aromatic rings. The molecule has 55 heavy (non-hydrogen) atoms. The van der Waals surface area contributed by atoms with Gasteiger partial charge in [-0.25, -0.2) is 0 Å². The number of para-hydroxylation sites is 3. The molecule has 0 amide bonds. The lowest BCUT2D eigenvalue weighted by Crippen LogP contribution is -2.44. The van der Waals surface area contributed by atoms with E-state index < -0.39 is 0 Å². The van der Waals surface area contributed by atoms with Gasteiger partial charge in [-0.2, -0.15) is 0 Å². The van der Waals surface area contributed by atoms with Crippen LogP contribution in [0.2, 0.25) is 0 Å². The lowest BCUT2D eigenvalue weighted by atomic mass is 10.1. The first-order valence-electron chi connectivity index (χ1n) is 18.6. The van der Waals surface area contributed by atoms with Gasteiger partial charge in [-0.05, 0) is 80.3 Å². The van der Waals surface area contributed by atoms with Crippen LogP contribution in [0.25, 0.3) is 55.0 Å². The van der Waals surface area contributed by atoms with E-state index in [0.29, 0.717) is 0 Å². The Morgan fingerprint density at radius 3 is 1.60 bits per heavy atom. The molecule has 2 atom stereocenters. The minimum absolute atomic E-state index is 0.00244. The molecule has 0 bridgehead atoms. The van der Waals surface area contributed by atoms with E-state index >= 15 is 0 Å². The summed E-state index contributed by atoms with van der Waals surface area (Å²) in [5.74, 6) is 0. The summed E-state index contributed by atoms with van der Waals surface area (Å²) in [6.45, 7) is 10.5. The number of nitrogens with one attached hydrogen (secondary N) is 2. The minimum atomic E-state index is -0.0797. The molecule has 5 nitrogen and oxygen atoms in total. The maximum atomic E-state index is 3.83. The number of hydrogen-bond donors (Lipinski definition) is 2. The van der Waals surface area contributed by atoms with Crippen molar-refractivity contribution >= 4 is 49.3 Å². The second-order valence-electron chi connectivity index (χ2n) is 13.3. The standard InChI is InChI=1S/C46H41N5.C4H6/c1-4-5-6-13-26-45(47-2)49(3)46(33-18-9-7-10-19-33)48-34-27-29-36(30-28-34)51-42-25-17-15-23-38(42)40-31-39-37-22-14-16-24-41(37)50(43(39)32-44(40)51)35-20-11-8-12-21-35;1-3-4-2/h4-32,45-48H,1H2,2-3H3;3-4H,1-2H2/b6-5-,26-13?;. The Labute approximate surface area is 324 Å². The van der Waals surface area contributed by atoms with E-state index in [1.54, 1.807) is 18.2 Å². The van der Waals surface area contributed by atoms with Gasteiger partial charge in [0.05, 0.1) is 28.2 Å². The number of nitrogens with zero attached hydrogens (tertiary/aromatic N) is 3. The normalized spacial score (nSPS) is 12.7. The maximum absolute atomic E-state index is 3.83. The molecular weight excluding hydrogens is 671 g/mol. The Balaban J connectivity index is 0.00000111. The molecule has 0 spiro atoms. The van der Waals surface area contributed by atoms with Crippen LogP contribution in [0.1, 0.15) is 11.7 Å². The van der Waals surface area contributed by atoms with E-state index in [4.69, 9.17) is 0 Å². The van der Waals surface area contributed by atoms with Gasteiger partial charge in [0, 0.05) is 38.6 Å². The van der Waals surface area contributed by atoms with Gasteiger partial charge in [-0.15, -0.1) is 0 Å². The van der Waals surface area contributed by atoms with Gasteiger partial charge < -0.3 is 19.8 Å². The highest BCUT2D eigenvalue weighted by molar-refractivity contribution is 6.19. The smallest absolute Gasteiger partial charge is 0.107 e. The van der Waals surface area contributed by atoms with Crippen molar-refractivity contribution in [2.75, 3.05) is 19.4 Å². The van der Waals surface area contributed by atoms with E-state index in [2.05, 4.69) is 209 Å². The zero-order valence-electron chi connectivity index (χ0n) is 31.5. The number of anilines is 1. The van der Waals surface area contributed by atoms with Crippen molar-refractivity contribution in [1.82, 2.24) is 19.4 Å². The quantitative estimate of drug-likeness (QED) is 0.0976. The van der Waals surface area contributed by atoms with Crippen molar-refractivity contribution in [2.24, 2.45) is 0 Å². The number of likely N-dealkylation sites (N-methyl/N-ethyl adjacent to an activating group) is 2. The summed E-state index contributed by atoms with van der Waals surface area (Å²) in [4.78, 5) is 2.30. The van der Waals surface area contributed by atoms with Crippen LogP contribution in [-0.2, 0) is 0 Å². The fourth-order valence-electron chi connectivity index (χ4n) is 7.39. The first kappa shape index (κ1) is 36.7. The van der Waals surface area contributed by atoms with Crippen molar-refractivity contribution in [3.05, 3.63) is 213 Å². The number of allylic oxidation sites excluding steroid dienone is 6. The molecule has 2 unspecified atom stereocenters. The molecule has 0 aliphatic heterocycles. The molecular formula is C50H47N5. The van der Waals surface area contributed by atoms with Gasteiger partial charge in [-0.1, -0.05) is 147 Å². The fraction of sp³-hybridized carbons (Fsp3) is 0.0800. The van der Waals surface area contributed by atoms with Gasteiger partial charge in [0.25, 0.3) is 0 Å². The second kappa shape index (κ2) is 17.0. The Morgan fingerprint density at radius 1 is 0.527 bits per heavy atom. The molecule has 5 heteroatoms. The average Bonchev–Trinajstić information content (AvgIpc) is 3.74. The molecule has 0 saturated heterocycles. The maximum Gasteiger partial charge on any atom is 0.107 e. The Kier molecular flexibility index (Phi) is 11.3. The van der Waals surface area contributed by atoms with Crippen LogP contribution in [0.15, 0.2) is 208 Å². The number of fused-ring (bicyclic) bond motifs is 6. The summed E-state index contributed by atoms with van der Waals surface area (Å²) in [6.07, 6.45) is 13.1. The second-order valence-corrected chi connectivity index (χ2v) is 13.3. The SMILES string of the molecule is C=C/C=C\C=CC(NC)N(C)C(Nc1ccc(-n2c3ccccc3c3cc4c5ccccc5n(-c5ccccc5)c4cc32)cc1)c1ccccc1.C=CC=C. The van der Waals surface area contributed by atoms with Crippen molar-refractivity contribution in [3.63, 3.8) is 0 Å². The molecule has 0 radical (unpaired) electrons. The first-order chi connectivity index (χ1) is 27.1. The van der Waals surface area contributed by atoms with E-state index in [1.165, 1.54) is 49.2 Å². The summed E-state index contributed by atoms with van der Waals surface area (Å²) in [6, 6.07) is 52.3. The summed E-state index contributed by atoms with van der Waals surface area (Å²) in [5.41, 5.74) is 9.26. The number of aromatic nitrogens is 2. The first-order valence-corrected chi connectivity index (χ1v) is 18.6. The Bertz CT molecular complexity index is 2620. The van der Waals surface area contributed by atoms with Gasteiger partial charge in [0.2, 0.25) is 0 Å². The van der Waals surface area contributed by atoms with Crippen molar-refractivity contribution in [3.8, 4) is 11.4 Å². The number of benzene rings is 6. The molecule has 2 N–H and O–H groups in total. The minimum Gasteiger partial charge on any atom is -0.366 e. The molecule has 0 saturated carbocycles. The largest absolute Gasteiger partial charge is 0.366 e. The van der Waals surface area contributed by atoms with Crippen LogP contribution < -0.4 is 10.6 Å². The zero-order chi connectivity index (χ0) is 38.1. The Morgan fingerprint density at radius 2 is 1.05 bits per heavy atom. The van der Waals surface area contributed by atoms with Crippen molar-refractivity contribution < 1.29 is 0 Å². The summed E-state index contributed by atoms with van der Waals surface area (Å²) >= 11 is 0. The van der Waals surface area contributed by atoms with Gasteiger partial charge in [-0.3, -0.25) is 4.90 Å². The van der Waals surface area contributed by atoms with Crippen molar-refractivity contribution in [1.29, 1.82) is 0 Å². The molecule has 0 aliphatic rings. The lowest BCUT2D eigenvalue weighted by molar-refractivity contribution is 0.202. The number of rotatable bonds is 12. The van der Waals surface area contributed by atoms with Crippen LogP contribution in [0.3, 0.4) is 0 Å². The average molecular weight is 718 g/mol. The van der Waals surface area contributed by atoms with Gasteiger partial charge in [0.15, 0.2) is 0 Å². The van der Waals surface area contributed by atoms with Gasteiger partial charge in [0.1, 0.15) is 6.17 Å². The summed E-state index contributed by atoms with van der Waals surface area (Å²) < 4.78 is 4.79. The van der Waals surface area contributed by atoms with Crippen LogP contribution in [0.5, 0.6) is 0 Å². The molecule has 6 aromatic carbocycles. The highest BCUT2D eigenvalue weighted by atomic mass is 15.3. The summed E-state index contributed by atoms with van der Waals surface area (Å²) in [5, 5.41) is 12.3. The fourth-order valence-corrected chi connectivity index (χ4v) is 7.39. The van der Waals surface area contributed by atoms with Crippen molar-refractivity contribution in [2.45, 2.75) is 12.3 Å². The molecule has 272 valence electrons. The molecule has 8 rings (SSSR count). The third-order valence-electron chi connectivity index (χ3n) is 9.98. The van der Waals surface area contributed by atoms with E-state index in [1.807, 2.05) is 19.2 Å². The monoisotopic (exact) mass is 717 g/mol. The van der Waals surface area contributed by atoms with Gasteiger partial charge >= 0.3 is 0 Å². The van der Waals surface area contributed by atoms with E-state index in [0.717, 1.165) is 17.1 Å². The zero-order valence-corrected chi connectivity index (χ0v) is 31.5. The highest BCUT2D eigenvalue weighted by Crippen LogP contribution is 2.39. The molecule has 0 aliphatic carbocycles. The van der Waals surface area contributed by atoms with E-state index in [-0.39, 0.29) is 12.3 Å². The van der Waals surface area contributed by atoms with Crippen LogP contribution in [-0.4, -0.2) is 34.3 Å². The highest BCUT2D eigenvalue weighted by Gasteiger charge is 2.22. The molecule has 2 aromatic heterocycles. The molecule has 2 heterocycles. The predicted octanol–water partition coefficient (Wildman–Crippen LogP) is 12.1. The van der Waals surface area contributed by atoms with E-state index in [9.17, 15) is 0 Å². The Hall–Kier alpha value is -6.66. The number of hydrogen-bond acceptors (Lipinski definition) is 3. The van der Waals surface area contributed by atoms with Crippen LogP contribution in [0, 0.1) is 0 Å². The summed E-state index contributed by atoms with van der Waals surface area (Å²) in [7, 11) is 4.12. The van der Waals surface area contributed by atoms with Crippen LogP contribution in [0.4, 0.5) is 5.69 Å². The lowest BCUT2D eigenvalue weighted by Gasteiger charge is -2.35. The van der Waals surface area contributed by atoms with Crippen LogP contribution >= 0.6 is 0 Å². The third kappa shape index (κ3) is 7.44. The third-order valence-corrected chi connectivity index (χ3v) is 9.98. The molecule has 0 fully saturated rings. The topological polar surface area (TPSA) is 37.2 Å².